The van der Waals surface area contributed by atoms with Crippen LogP contribution in [-0.4, -0.2) is 32.9 Å². The summed E-state index contributed by atoms with van der Waals surface area (Å²) in [6, 6.07) is 9.28. The van der Waals surface area contributed by atoms with Gasteiger partial charge in [0.15, 0.2) is 5.65 Å². The molecule has 0 saturated carbocycles. The van der Waals surface area contributed by atoms with Crippen molar-refractivity contribution in [3.8, 4) is 11.3 Å². The normalized spacial score (nSPS) is 10.9. The fraction of sp³-hybridized carbons (Fsp3) is 0.235. The lowest BCUT2D eigenvalue weighted by Gasteiger charge is -2.04. The van der Waals surface area contributed by atoms with Gasteiger partial charge in [0.05, 0.1) is 12.3 Å². The molecule has 0 aliphatic carbocycles. The summed E-state index contributed by atoms with van der Waals surface area (Å²) in [6.45, 7) is 4.09. The average Bonchev–Trinajstić information content (AvgIpc) is 3.01. The fourth-order valence-electron chi connectivity index (χ4n) is 2.38. The first kappa shape index (κ1) is 16.3. The molecule has 0 unspecified atom stereocenters. The fourth-order valence-corrected chi connectivity index (χ4v) is 3.04. The zero-order valence-corrected chi connectivity index (χ0v) is 14.2. The Kier molecular flexibility index (Phi) is 4.71. The number of aromatic nitrogens is 3. The molecule has 0 radical (unpaired) electrons. The number of hydrogen-bond acceptors (Lipinski definition) is 5. The summed E-state index contributed by atoms with van der Waals surface area (Å²) in [5.41, 5.74) is 1.58. The number of nitrogens with one attached hydrogen (secondary N) is 1. The van der Waals surface area contributed by atoms with Crippen molar-refractivity contribution in [2.45, 2.75) is 18.7 Å². The van der Waals surface area contributed by atoms with Crippen LogP contribution in [0.1, 0.15) is 24.2 Å². The monoisotopic (exact) mass is 343 g/mol. The van der Waals surface area contributed by atoms with E-state index in [-0.39, 0.29) is 23.4 Å². The highest BCUT2D eigenvalue weighted by molar-refractivity contribution is 7.99. The summed E-state index contributed by atoms with van der Waals surface area (Å²) in [5.74, 6) is 0.493. The van der Waals surface area contributed by atoms with Crippen molar-refractivity contribution >= 4 is 23.4 Å². The number of hydrogen-bond donors (Lipinski definition) is 1. The Morgan fingerprint density at radius 2 is 2.04 bits per heavy atom. The van der Waals surface area contributed by atoms with Crippen LogP contribution >= 0.6 is 11.8 Å². The van der Waals surface area contributed by atoms with E-state index in [0.29, 0.717) is 5.69 Å². The average molecular weight is 343 g/mol. The van der Waals surface area contributed by atoms with E-state index in [1.807, 2.05) is 24.3 Å². The van der Waals surface area contributed by atoms with E-state index in [1.54, 1.807) is 18.7 Å². The van der Waals surface area contributed by atoms with Crippen molar-refractivity contribution in [3.63, 3.8) is 0 Å². The first-order valence-electron chi connectivity index (χ1n) is 7.65. The van der Waals surface area contributed by atoms with Gasteiger partial charge in [-0.3, -0.25) is 9.89 Å². The molecule has 6 nitrogen and oxygen atoms in total. The Bertz CT molecular complexity index is 928. The van der Waals surface area contributed by atoms with Crippen molar-refractivity contribution in [1.82, 2.24) is 14.6 Å². The Balaban J connectivity index is 2.07. The van der Waals surface area contributed by atoms with E-state index in [1.165, 1.54) is 16.8 Å². The quantitative estimate of drug-likeness (QED) is 0.569. The summed E-state index contributed by atoms with van der Waals surface area (Å²) in [4.78, 5) is 29.9. The van der Waals surface area contributed by atoms with Gasteiger partial charge in [0, 0.05) is 22.7 Å². The molecule has 7 heteroatoms. The number of benzene rings is 1. The second-order valence-corrected chi connectivity index (χ2v) is 6.34. The van der Waals surface area contributed by atoms with Gasteiger partial charge in [-0.15, -0.1) is 11.8 Å². The van der Waals surface area contributed by atoms with Gasteiger partial charge >= 0.3 is 5.97 Å². The number of rotatable bonds is 5. The highest BCUT2D eigenvalue weighted by Gasteiger charge is 2.17. The summed E-state index contributed by atoms with van der Waals surface area (Å²) >= 11 is 1.75. The summed E-state index contributed by atoms with van der Waals surface area (Å²) in [5, 5.41) is 2.74. The maximum Gasteiger partial charge on any atom is 0.343 e. The number of carbonyl (C=O) groups is 1. The van der Waals surface area contributed by atoms with Crippen molar-refractivity contribution in [2.75, 3.05) is 12.4 Å². The van der Waals surface area contributed by atoms with E-state index < -0.39 is 5.97 Å². The molecule has 0 amide bonds. The first-order chi connectivity index (χ1) is 11.6. The lowest BCUT2D eigenvalue weighted by Crippen LogP contribution is -2.15. The minimum atomic E-state index is -0.505. The Morgan fingerprint density at radius 1 is 1.29 bits per heavy atom. The molecule has 3 aromatic rings. The highest BCUT2D eigenvalue weighted by atomic mass is 32.2. The molecular weight excluding hydrogens is 326 g/mol. The topological polar surface area (TPSA) is 76.5 Å². The number of nitrogens with zero attached hydrogens (tertiary/aromatic N) is 2. The van der Waals surface area contributed by atoms with Gasteiger partial charge in [-0.2, -0.15) is 0 Å². The molecule has 0 fully saturated rings. The van der Waals surface area contributed by atoms with Gasteiger partial charge in [0.25, 0.3) is 5.56 Å². The van der Waals surface area contributed by atoms with Crippen LogP contribution < -0.4 is 5.56 Å². The molecule has 0 aliphatic heterocycles. The van der Waals surface area contributed by atoms with Gasteiger partial charge in [0.1, 0.15) is 5.56 Å². The third-order valence-electron chi connectivity index (χ3n) is 3.45. The van der Waals surface area contributed by atoms with Crippen LogP contribution in [0.4, 0.5) is 0 Å². The smallest absolute Gasteiger partial charge is 0.343 e. The number of ether oxygens (including phenoxy) is 1. The Hall–Kier alpha value is -2.54. The molecule has 1 aromatic carbocycles. The Labute approximate surface area is 142 Å². The molecule has 0 atom stereocenters. The van der Waals surface area contributed by atoms with E-state index in [9.17, 15) is 9.59 Å². The van der Waals surface area contributed by atoms with Crippen LogP contribution in [0.15, 0.2) is 46.2 Å². The standard InChI is InChI=1S/C17H17N3O3S/c1-3-23-17(22)13-10-18-20-15(21)9-14(19-16(13)20)11-5-7-12(8-6-11)24-4-2/h5-10,18H,3-4H2,1-2H3. The maximum absolute atomic E-state index is 12.3. The molecule has 0 aliphatic rings. The Morgan fingerprint density at radius 3 is 2.71 bits per heavy atom. The summed E-state index contributed by atoms with van der Waals surface area (Å²) < 4.78 is 6.24. The number of fused-ring (bicyclic) bond motifs is 1. The highest BCUT2D eigenvalue weighted by Crippen LogP contribution is 2.23. The molecule has 0 spiro atoms. The van der Waals surface area contributed by atoms with Gasteiger partial charge in [0.2, 0.25) is 0 Å². The van der Waals surface area contributed by atoms with Crippen LogP contribution in [0.25, 0.3) is 16.9 Å². The lowest BCUT2D eigenvalue weighted by molar-refractivity contribution is 0.0528. The van der Waals surface area contributed by atoms with E-state index in [2.05, 4.69) is 17.0 Å². The molecule has 124 valence electrons. The van der Waals surface area contributed by atoms with Gasteiger partial charge in [-0.05, 0) is 24.8 Å². The number of esters is 1. The van der Waals surface area contributed by atoms with Crippen LogP contribution in [0.2, 0.25) is 0 Å². The van der Waals surface area contributed by atoms with Gasteiger partial charge < -0.3 is 4.74 Å². The second kappa shape index (κ2) is 6.92. The predicted octanol–water partition coefficient (Wildman–Crippen LogP) is 2.98. The molecule has 3 rings (SSSR count). The minimum absolute atomic E-state index is 0.244. The first-order valence-corrected chi connectivity index (χ1v) is 8.64. The van der Waals surface area contributed by atoms with Crippen LogP contribution in [0.5, 0.6) is 0 Å². The molecule has 2 aromatic heterocycles. The zero-order chi connectivity index (χ0) is 17.1. The summed E-state index contributed by atoms with van der Waals surface area (Å²) in [7, 11) is 0. The van der Waals surface area contributed by atoms with Crippen molar-refractivity contribution in [1.29, 1.82) is 0 Å². The van der Waals surface area contributed by atoms with E-state index in [0.717, 1.165) is 16.2 Å². The number of aromatic amines is 1. The van der Waals surface area contributed by atoms with E-state index >= 15 is 0 Å². The summed E-state index contributed by atoms with van der Waals surface area (Å²) in [6.07, 6.45) is 1.44. The minimum Gasteiger partial charge on any atom is -0.462 e. The maximum atomic E-state index is 12.3. The van der Waals surface area contributed by atoms with Crippen molar-refractivity contribution in [2.24, 2.45) is 0 Å². The molecular formula is C17H17N3O3S. The third kappa shape index (κ3) is 3.07. The molecule has 0 bridgehead atoms. The van der Waals surface area contributed by atoms with Crippen molar-refractivity contribution < 1.29 is 9.53 Å². The van der Waals surface area contributed by atoms with Gasteiger partial charge in [-0.25, -0.2) is 14.3 Å². The molecule has 2 heterocycles. The zero-order valence-electron chi connectivity index (χ0n) is 13.4. The largest absolute Gasteiger partial charge is 0.462 e. The molecule has 0 saturated heterocycles. The lowest BCUT2D eigenvalue weighted by atomic mass is 10.1. The number of H-pyrrole nitrogens is 1. The van der Waals surface area contributed by atoms with Crippen LogP contribution in [-0.2, 0) is 4.74 Å². The third-order valence-corrected chi connectivity index (χ3v) is 4.35. The predicted molar refractivity (Wildman–Crippen MR) is 93.6 cm³/mol. The van der Waals surface area contributed by atoms with Gasteiger partial charge in [-0.1, -0.05) is 19.1 Å². The molecule has 24 heavy (non-hydrogen) atoms. The molecule has 1 N–H and O–H groups in total. The van der Waals surface area contributed by atoms with Crippen LogP contribution in [0.3, 0.4) is 0 Å². The van der Waals surface area contributed by atoms with E-state index in [4.69, 9.17) is 4.74 Å². The SMILES string of the molecule is CCOC(=O)c1c[nH]n2c(=O)cc(-c3ccc(SCC)cc3)nc12. The number of carbonyl (C=O) groups excluding carboxylic acids is 1. The van der Waals surface area contributed by atoms with Crippen molar-refractivity contribution in [3.05, 3.63) is 52.4 Å². The number of thioether (sulfide) groups is 1. The second-order valence-electron chi connectivity index (χ2n) is 5.00. The van der Waals surface area contributed by atoms with Crippen LogP contribution in [0, 0.1) is 0 Å².